The van der Waals surface area contributed by atoms with Crippen LogP contribution in [0, 0.1) is 5.82 Å². The molecule has 144 valence electrons. The third-order valence-corrected chi connectivity index (χ3v) is 5.47. The average molecular weight is 406 g/mol. The van der Waals surface area contributed by atoms with E-state index in [9.17, 15) is 18.8 Å². The summed E-state index contributed by atoms with van der Waals surface area (Å²) in [4.78, 5) is 38.1. The van der Waals surface area contributed by atoms with Gasteiger partial charge in [0.1, 0.15) is 15.6 Å². The molecule has 5 nitrogen and oxygen atoms in total. The fraction of sp³-hybridized carbons (Fsp3) is 0.0455. The van der Waals surface area contributed by atoms with Crippen molar-refractivity contribution >= 4 is 38.2 Å². The minimum absolute atomic E-state index is 0.161. The molecular weight excluding hydrogens is 391 g/mol. The lowest BCUT2D eigenvalue weighted by atomic mass is 10.0. The van der Waals surface area contributed by atoms with Crippen molar-refractivity contribution < 1.29 is 14.0 Å². The molecule has 1 N–H and O–H groups in total. The summed E-state index contributed by atoms with van der Waals surface area (Å²) in [5, 5.41) is 3.50. The van der Waals surface area contributed by atoms with Crippen LogP contribution in [-0.4, -0.2) is 16.3 Å². The van der Waals surface area contributed by atoms with Gasteiger partial charge in [-0.3, -0.25) is 19.0 Å². The van der Waals surface area contributed by atoms with Gasteiger partial charge in [0.2, 0.25) is 5.91 Å². The van der Waals surface area contributed by atoms with Crippen LogP contribution in [0.4, 0.5) is 9.39 Å². The Kier molecular flexibility index (Phi) is 4.82. The SMILES string of the molecule is CC(=O)Nc1sc2c(ccc(=O)n2-c2ccccc2)c1C(=O)c1cccc(F)c1. The summed E-state index contributed by atoms with van der Waals surface area (Å²) in [5.74, 6) is -1.31. The molecule has 0 bridgehead atoms. The maximum Gasteiger partial charge on any atom is 0.256 e. The number of thiophene rings is 1. The lowest BCUT2D eigenvalue weighted by Gasteiger charge is -2.07. The van der Waals surface area contributed by atoms with Crippen molar-refractivity contribution in [1.82, 2.24) is 4.57 Å². The third-order valence-electron chi connectivity index (χ3n) is 4.36. The fourth-order valence-electron chi connectivity index (χ4n) is 3.15. The van der Waals surface area contributed by atoms with E-state index in [1.165, 1.54) is 35.8 Å². The summed E-state index contributed by atoms with van der Waals surface area (Å²) in [5.41, 5.74) is 0.775. The molecule has 0 radical (unpaired) electrons. The van der Waals surface area contributed by atoms with Crippen LogP contribution in [0.25, 0.3) is 15.9 Å². The molecule has 0 aliphatic carbocycles. The highest BCUT2D eigenvalue weighted by molar-refractivity contribution is 7.23. The Morgan fingerprint density at radius 1 is 1.00 bits per heavy atom. The summed E-state index contributed by atoms with van der Waals surface area (Å²) in [6.07, 6.45) is 0. The number of rotatable bonds is 4. The molecule has 0 unspecified atom stereocenters. The van der Waals surface area contributed by atoms with Gasteiger partial charge in [0.05, 0.1) is 11.3 Å². The first kappa shape index (κ1) is 18.8. The molecule has 2 aromatic heterocycles. The second-order valence-corrected chi connectivity index (χ2v) is 7.39. The fourth-order valence-corrected chi connectivity index (χ4v) is 4.41. The van der Waals surface area contributed by atoms with Gasteiger partial charge >= 0.3 is 0 Å². The first-order valence-electron chi connectivity index (χ1n) is 8.77. The number of carbonyl (C=O) groups is 2. The summed E-state index contributed by atoms with van der Waals surface area (Å²) in [7, 11) is 0. The molecule has 0 aliphatic heterocycles. The molecular formula is C22H15FN2O3S. The molecule has 0 saturated heterocycles. The van der Waals surface area contributed by atoms with Crippen LogP contribution in [0.2, 0.25) is 0 Å². The van der Waals surface area contributed by atoms with Crippen LogP contribution in [-0.2, 0) is 4.79 Å². The molecule has 29 heavy (non-hydrogen) atoms. The number of pyridine rings is 1. The zero-order chi connectivity index (χ0) is 20.5. The smallest absolute Gasteiger partial charge is 0.256 e. The van der Waals surface area contributed by atoms with Gasteiger partial charge in [-0.15, -0.1) is 0 Å². The van der Waals surface area contributed by atoms with Crippen molar-refractivity contribution in [3.8, 4) is 5.69 Å². The second-order valence-electron chi connectivity index (χ2n) is 6.39. The lowest BCUT2D eigenvalue weighted by Crippen LogP contribution is -2.16. The van der Waals surface area contributed by atoms with Gasteiger partial charge in [0.25, 0.3) is 5.56 Å². The Balaban J connectivity index is 2.02. The van der Waals surface area contributed by atoms with E-state index < -0.39 is 11.6 Å². The average Bonchev–Trinajstić information content (AvgIpc) is 3.05. The first-order valence-corrected chi connectivity index (χ1v) is 9.59. The van der Waals surface area contributed by atoms with Crippen LogP contribution in [0.15, 0.2) is 71.5 Å². The zero-order valence-corrected chi connectivity index (χ0v) is 16.1. The van der Waals surface area contributed by atoms with E-state index in [0.717, 1.165) is 17.4 Å². The number of amides is 1. The maximum absolute atomic E-state index is 13.7. The van der Waals surface area contributed by atoms with Gasteiger partial charge < -0.3 is 5.32 Å². The highest BCUT2D eigenvalue weighted by Crippen LogP contribution is 2.37. The number of fused-ring (bicyclic) bond motifs is 1. The molecule has 0 aliphatic rings. The Bertz CT molecular complexity index is 1310. The largest absolute Gasteiger partial charge is 0.317 e. The molecule has 4 rings (SSSR count). The molecule has 2 aromatic carbocycles. The quantitative estimate of drug-likeness (QED) is 0.512. The monoisotopic (exact) mass is 406 g/mol. The predicted octanol–water partition coefficient (Wildman–Crippen LogP) is 4.38. The normalized spacial score (nSPS) is 10.8. The van der Waals surface area contributed by atoms with Crippen molar-refractivity contribution in [1.29, 1.82) is 0 Å². The van der Waals surface area contributed by atoms with Crippen molar-refractivity contribution in [2.75, 3.05) is 5.32 Å². The number of halogens is 1. The van der Waals surface area contributed by atoms with Gasteiger partial charge in [0.15, 0.2) is 5.78 Å². The van der Waals surface area contributed by atoms with Gasteiger partial charge in [-0.2, -0.15) is 0 Å². The summed E-state index contributed by atoms with van der Waals surface area (Å²) in [6, 6.07) is 17.3. The second kappa shape index (κ2) is 7.44. The molecule has 0 fully saturated rings. The first-order chi connectivity index (χ1) is 14.0. The summed E-state index contributed by atoms with van der Waals surface area (Å²) < 4.78 is 15.2. The van der Waals surface area contributed by atoms with Crippen molar-refractivity contribution in [2.24, 2.45) is 0 Å². The predicted molar refractivity (Wildman–Crippen MR) is 112 cm³/mol. The Morgan fingerprint density at radius 3 is 2.45 bits per heavy atom. The van der Waals surface area contributed by atoms with Gasteiger partial charge in [0, 0.05) is 23.9 Å². The number of carbonyl (C=O) groups excluding carboxylic acids is 2. The van der Waals surface area contributed by atoms with E-state index in [2.05, 4.69) is 5.32 Å². The Hall–Kier alpha value is -3.58. The standard InChI is InChI=1S/C22H15FN2O3S/c1-13(26)24-21-19(20(28)14-6-5-7-15(23)12-14)17-10-11-18(27)25(22(17)29-21)16-8-3-2-4-9-16/h2-12H,1H3,(H,24,26). The van der Waals surface area contributed by atoms with Crippen molar-refractivity contribution in [3.63, 3.8) is 0 Å². The van der Waals surface area contributed by atoms with Crippen LogP contribution in [0.3, 0.4) is 0 Å². The summed E-state index contributed by atoms with van der Waals surface area (Å²) >= 11 is 1.13. The number of para-hydroxylation sites is 1. The molecule has 7 heteroatoms. The minimum Gasteiger partial charge on any atom is -0.317 e. The van der Waals surface area contributed by atoms with E-state index >= 15 is 0 Å². The zero-order valence-electron chi connectivity index (χ0n) is 15.3. The number of benzene rings is 2. The maximum atomic E-state index is 13.7. The number of anilines is 1. The highest BCUT2D eigenvalue weighted by Gasteiger charge is 2.24. The molecule has 2 heterocycles. The molecule has 0 atom stereocenters. The van der Waals surface area contributed by atoms with Gasteiger partial charge in [-0.25, -0.2) is 4.39 Å². The van der Waals surface area contributed by atoms with Crippen molar-refractivity contribution in [3.05, 3.63) is 94.0 Å². The van der Waals surface area contributed by atoms with E-state index in [0.29, 0.717) is 20.9 Å². The molecule has 0 spiro atoms. The van der Waals surface area contributed by atoms with Crippen LogP contribution in [0.1, 0.15) is 22.8 Å². The Morgan fingerprint density at radius 2 is 1.76 bits per heavy atom. The van der Waals surface area contributed by atoms with E-state index in [1.54, 1.807) is 18.2 Å². The van der Waals surface area contributed by atoms with Crippen LogP contribution < -0.4 is 10.9 Å². The van der Waals surface area contributed by atoms with E-state index in [-0.39, 0.29) is 22.6 Å². The number of nitrogens with zero attached hydrogens (tertiary/aromatic N) is 1. The van der Waals surface area contributed by atoms with E-state index in [1.807, 2.05) is 18.2 Å². The number of aromatic nitrogens is 1. The number of nitrogens with one attached hydrogen (secondary N) is 1. The van der Waals surface area contributed by atoms with Crippen LogP contribution in [0.5, 0.6) is 0 Å². The van der Waals surface area contributed by atoms with Gasteiger partial charge in [-0.05, 0) is 30.3 Å². The van der Waals surface area contributed by atoms with E-state index in [4.69, 9.17) is 0 Å². The van der Waals surface area contributed by atoms with Gasteiger partial charge in [-0.1, -0.05) is 41.7 Å². The minimum atomic E-state index is -0.530. The molecule has 4 aromatic rings. The lowest BCUT2D eigenvalue weighted by molar-refractivity contribution is -0.114. The van der Waals surface area contributed by atoms with Crippen molar-refractivity contribution in [2.45, 2.75) is 6.92 Å². The molecule has 0 saturated carbocycles. The summed E-state index contributed by atoms with van der Waals surface area (Å²) in [6.45, 7) is 1.34. The number of hydrogen-bond donors (Lipinski definition) is 1. The number of ketones is 1. The Labute approximate surface area is 169 Å². The highest BCUT2D eigenvalue weighted by atomic mass is 32.1. The van der Waals surface area contributed by atoms with Crippen LogP contribution >= 0.6 is 11.3 Å². The third kappa shape index (κ3) is 3.48. The molecule has 1 amide bonds. The topological polar surface area (TPSA) is 68.2 Å². The number of hydrogen-bond acceptors (Lipinski definition) is 4.